The number of benzene rings is 2. The van der Waals surface area contributed by atoms with E-state index in [2.05, 4.69) is 21.8 Å². The van der Waals surface area contributed by atoms with Gasteiger partial charge in [-0.3, -0.25) is 9.52 Å². The van der Waals surface area contributed by atoms with E-state index in [9.17, 15) is 14.1 Å². The van der Waals surface area contributed by atoms with Crippen molar-refractivity contribution in [1.29, 1.82) is 0 Å². The van der Waals surface area contributed by atoms with Gasteiger partial charge in [0.15, 0.2) is 0 Å². The van der Waals surface area contributed by atoms with Crippen molar-refractivity contribution in [1.82, 2.24) is 4.72 Å². The van der Waals surface area contributed by atoms with E-state index in [1.54, 1.807) is 6.07 Å². The van der Waals surface area contributed by atoms with Crippen LogP contribution >= 0.6 is 11.6 Å². The molecular formula is C33H43ClN2O4S. The van der Waals surface area contributed by atoms with Crippen molar-refractivity contribution in [3.05, 3.63) is 58.1 Å². The molecule has 1 spiro atoms. The number of rotatable bonds is 2. The second-order valence-corrected chi connectivity index (χ2v) is 14.7. The van der Waals surface area contributed by atoms with Gasteiger partial charge in [-0.05, 0) is 111 Å². The summed E-state index contributed by atoms with van der Waals surface area (Å²) < 4.78 is 22.6. The highest BCUT2D eigenvalue weighted by atomic mass is 35.5. The van der Waals surface area contributed by atoms with Gasteiger partial charge < -0.3 is 14.7 Å². The number of nitrogens with one attached hydrogen (secondary N) is 1. The first kappa shape index (κ1) is 29.0. The standard InChI is InChI=1S/C33H43ClN2O4S/c1-2-27-8-4-3-6-25(19-37)28-12-9-24(28)18-36-20-33(15-5-7-22-16-26(34)11-13-29(22)33)21-40-31-14-10-23(17-30(31)36)32(38)35-41(27)39/h10-11,13-14,16-17,24-25,27-28,37H,2-9,12,15,18-21H2,1H3,(H,35,38)/t24?,25?,27?,28?,33-,41?/m0/s1. The van der Waals surface area contributed by atoms with E-state index >= 15 is 0 Å². The average molecular weight is 599 g/mol. The molecule has 222 valence electrons. The summed E-state index contributed by atoms with van der Waals surface area (Å²) in [6.07, 6.45) is 9.98. The van der Waals surface area contributed by atoms with Crippen LogP contribution in [0.25, 0.3) is 0 Å². The summed E-state index contributed by atoms with van der Waals surface area (Å²) in [7, 11) is -1.45. The molecule has 6 rings (SSSR count). The molecule has 41 heavy (non-hydrogen) atoms. The van der Waals surface area contributed by atoms with Gasteiger partial charge in [0.05, 0.1) is 17.5 Å². The van der Waals surface area contributed by atoms with Gasteiger partial charge in [0.1, 0.15) is 16.7 Å². The van der Waals surface area contributed by atoms with Crippen molar-refractivity contribution >= 4 is 34.2 Å². The predicted molar refractivity (Wildman–Crippen MR) is 165 cm³/mol. The number of nitrogens with zero attached hydrogens (tertiary/aromatic N) is 1. The number of ether oxygens (including phenoxy) is 1. The maximum absolute atomic E-state index is 13.3. The molecule has 0 radical (unpaired) electrons. The number of amides is 1. The fraction of sp³-hybridized carbons (Fsp3) is 0.606. The molecule has 0 saturated heterocycles. The van der Waals surface area contributed by atoms with Crippen LogP contribution in [0.4, 0.5) is 5.69 Å². The van der Waals surface area contributed by atoms with E-state index in [0.29, 0.717) is 29.9 Å². The molecule has 2 heterocycles. The van der Waals surface area contributed by atoms with Gasteiger partial charge in [-0.25, -0.2) is 4.21 Å². The first-order valence-corrected chi connectivity index (χ1v) is 17.1. The molecule has 6 atom stereocenters. The van der Waals surface area contributed by atoms with Crippen LogP contribution in [0.3, 0.4) is 0 Å². The van der Waals surface area contributed by atoms with E-state index in [1.807, 2.05) is 25.1 Å². The zero-order chi connectivity index (χ0) is 28.6. The Morgan fingerprint density at radius 1 is 1.12 bits per heavy atom. The molecule has 2 aliphatic heterocycles. The molecule has 6 nitrogen and oxygen atoms in total. The summed E-state index contributed by atoms with van der Waals surface area (Å²) in [5.74, 6) is 1.78. The Hall–Kier alpha value is -2.09. The first-order valence-electron chi connectivity index (χ1n) is 15.5. The number of fused-ring (bicyclic) bond motifs is 4. The maximum Gasteiger partial charge on any atom is 0.263 e. The number of aliphatic hydroxyl groups is 1. The van der Waals surface area contributed by atoms with Crippen LogP contribution in [0.1, 0.15) is 86.2 Å². The van der Waals surface area contributed by atoms with Crippen LogP contribution in [0.15, 0.2) is 36.4 Å². The summed E-state index contributed by atoms with van der Waals surface area (Å²) in [4.78, 5) is 15.8. The van der Waals surface area contributed by atoms with Crippen molar-refractivity contribution in [2.75, 3.05) is 31.2 Å². The summed E-state index contributed by atoms with van der Waals surface area (Å²) in [5, 5.41) is 11.1. The van der Waals surface area contributed by atoms with Gasteiger partial charge >= 0.3 is 0 Å². The largest absolute Gasteiger partial charge is 0.490 e. The van der Waals surface area contributed by atoms with E-state index in [4.69, 9.17) is 16.3 Å². The topological polar surface area (TPSA) is 78.9 Å². The zero-order valence-corrected chi connectivity index (χ0v) is 25.7. The molecule has 4 aliphatic rings. The minimum atomic E-state index is -1.45. The number of carbonyl (C=O) groups is 1. The molecule has 1 fully saturated rings. The van der Waals surface area contributed by atoms with Gasteiger partial charge in [-0.15, -0.1) is 0 Å². The number of aryl methyl sites for hydroxylation is 1. The van der Waals surface area contributed by atoms with Crippen LogP contribution < -0.4 is 14.4 Å². The lowest BCUT2D eigenvalue weighted by Crippen LogP contribution is -2.49. The van der Waals surface area contributed by atoms with Crippen molar-refractivity contribution in [3.63, 3.8) is 0 Å². The van der Waals surface area contributed by atoms with E-state index in [1.165, 1.54) is 11.1 Å². The fourth-order valence-electron chi connectivity index (χ4n) is 7.90. The summed E-state index contributed by atoms with van der Waals surface area (Å²) in [5.41, 5.74) is 3.91. The first-order chi connectivity index (χ1) is 19.9. The molecule has 2 aliphatic carbocycles. The van der Waals surface area contributed by atoms with Gasteiger partial charge in [-0.2, -0.15) is 0 Å². The Bertz CT molecular complexity index is 1300. The van der Waals surface area contributed by atoms with Crippen LogP contribution in [-0.2, 0) is 22.8 Å². The minimum Gasteiger partial charge on any atom is -0.490 e. The van der Waals surface area contributed by atoms with Crippen molar-refractivity contribution in [2.45, 2.75) is 81.8 Å². The normalized spacial score (nSPS) is 32.1. The Kier molecular flexibility index (Phi) is 8.67. The molecular weight excluding hydrogens is 556 g/mol. The molecule has 2 aromatic carbocycles. The van der Waals surface area contributed by atoms with Crippen molar-refractivity contribution in [2.24, 2.45) is 17.8 Å². The number of hydrogen-bond acceptors (Lipinski definition) is 5. The Labute approximate surface area is 251 Å². The van der Waals surface area contributed by atoms with E-state index in [-0.39, 0.29) is 23.2 Å². The van der Waals surface area contributed by atoms with Crippen LogP contribution in [0.5, 0.6) is 5.75 Å². The lowest BCUT2D eigenvalue weighted by atomic mass is 9.65. The average Bonchev–Trinajstić information content (AvgIpc) is 3.10. The van der Waals surface area contributed by atoms with Crippen LogP contribution in [-0.4, -0.2) is 46.8 Å². The van der Waals surface area contributed by atoms with Crippen LogP contribution in [0, 0.1) is 17.8 Å². The molecule has 2 aromatic rings. The minimum absolute atomic E-state index is 0.0729. The number of hydrogen-bond donors (Lipinski definition) is 2. The smallest absolute Gasteiger partial charge is 0.263 e. The second-order valence-electron chi connectivity index (χ2n) is 12.8. The highest BCUT2D eigenvalue weighted by molar-refractivity contribution is 7.84. The quantitative estimate of drug-likeness (QED) is 0.431. The third-order valence-electron chi connectivity index (χ3n) is 10.4. The second kappa shape index (κ2) is 12.3. The SMILES string of the molecule is CCC1CCCCC(CO)C2CCC2CN2C[C@@]3(CCCc4cc(Cl)ccc43)COc3ccc(cc32)C(=O)NS1=O. The highest BCUT2D eigenvalue weighted by Crippen LogP contribution is 2.47. The number of halogens is 1. The number of anilines is 1. The van der Waals surface area contributed by atoms with Gasteiger partial charge in [0.25, 0.3) is 5.91 Å². The summed E-state index contributed by atoms with van der Waals surface area (Å²) in [6.45, 7) is 4.51. The van der Waals surface area contributed by atoms with Crippen molar-refractivity contribution < 1.29 is 18.8 Å². The molecule has 2 N–H and O–H groups in total. The van der Waals surface area contributed by atoms with Crippen LogP contribution in [0.2, 0.25) is 5.02 Å². The fourth-order valence-corrected chi connectivity index (χ4v) is 9.24. The van der Waals surface area contributed by atoms with E-state index < -0.39 is 11.0 Å². The lowest BCUT2D eigenvalue weighted by Gasteiger charge is -2.46. The highest BCUT2D eigenvalue weighted by Gasteiger charge is 2.44. The summed E-state index contributed by atoms with van der Waals surface area (Å²) in [6, 6.07) is 12.0. The van der Waals surface area contributed by atoms with Gasteiger partial charge in [0, 0.05) is 35.7 Å². The zero-order valence-electron chi connectivity index (χ0n) is 24.1. The summed E-state index contributed by atoms with van der Waals surface area (Å²) >= 11 is 6.41. The van der Waals surface area contributed by atoms with Gasteiger partial charge in [0.2, 0.25) is 0 Å². The molecule has 5 unspecified atom stereocenters. The maximum atomic E-state index is 13.3. The van der Waals surface area contributed by atoms with E-state index in [0.717, 1.165) is 93.8 Å². The molecule has 1 amide bonds. The Morgan fingerprint density at radius 2 is 1.98 bits per heavy atom. The molecule has 8 heteroatoms. The molecule has 1 saturated carbocycles. The number of aliphatic hydroxyl groups excluding tert-OH is 1. The number of carbonyl (C=O) groups excluding carboxylic acids is 1. The van der Waals surface area contributed by atoms with Crippen molar-refractivity contribution in [3.8, 4) is 5.75 Å². The molecule has 2 bridgehead atoms. The monoisotopic (exact) mass is 598 g/mol. The van der Waals surface area contributed by atoms with Gasteiger partial charge in [-0.1, -0.05) is 37.4 Å². The third-order valence-corrected chi connectivity index (χ3v) is 12.2. The Morgan fingerprint density at radius 3 is 2.76 bits per heavy atom. The lowest BCUT2D eigenvalue weighted by molar-refractivity contribution is 0.0575. The Balaban J connectivity index is 1.39. The molecule has 0 aromatic heterocycles. The third kappa shape index (κ3) is 5.79. The predicted octanol–water partition coefficient (Wildman–Crippen LogP) is 6.19.